The van der Waals surface area contributed by atoms with Crippen LogP contribution in [0.5, 0.6) is 0 Å². The van der Waals surface area contributed by atoms with Crippen molar-refractivity contribution in [3.05, 3.63) is 45.5 Å². The molecule has 2 heterocycles. The molecule has 0 fully saturated rings. The van der Waals surface area contributed by atoms with E-state index in [0.717, 1.165) is 18.7 Å². The lowest BCUT2D eigenvalue weighted by Gasteiger charge is -2.18. The molecule has 1 atom stereocenters. The SMILES string of the molecule is CCCNC(c1ccoc1C)c1sccc1C. The minimum Gasteiger partial charge on any atom is -0.469 e. The highest BCUT2D eigenvalue weighted by Crippen LogP contribution is 2.31. The van der Waals surface area contributed by atoms with Crippen LogP contribution in [0, 0.1) is 13.8 Å². The Labute approximate surface area is 107 Å². The van der Waals surface area contributed by atoms with E-state index in [-0.39, 0.29) is 6.04 Å². The predicted octanol–water partition coefficient (Wildman–Crippen LogP) is 4.05. The summed E-state index contributed by atoms with van der Waals surface area (Å²) in [4.78, 5) is 1.39. The van der Waals surface area contributed by atoms with Gasteiger partial charge in [0.2, 0.25) is 0 Å². The third-order valence-corrected chi connectivity index (χ3v) is 4.06. The fraction of sp³-hybridized carbons (Fsp3) is 0.429. The van der Waals surface area contributed by atoms with Crippen molar-refractivity contribution < 1.29 is 4.42 Å². The van der Waals surface area contributed by atoms with E-state index in [1.54, 1.807) is 6.26 Å². The number of furan rings is 1. The maximum Gasteiger partial charge on any atom is 0.105 e. The molecule has 1 unspecified atom stereocenters. The van der Waals surface area contributed by atoms with E-state index in [4.69, 9.17) is 4.42 Å². The zero-order valence-corrected chi connectivity index (χ0v) is 11.4. The summed E-state index contributed by atoms with van der Waals surface area (Å²) >= 11 is 1.81. The molecule has 3 heteroatoms. The molecule has 2 rings (SSSR count). The summed E-state index contributed by atoms with van der Waals surface area (Å²) in [6, 6.07) is 4.52. The van der Waals surface area contributed by atoms with Crippen LogP contribution in [0.15, 0.2) is 28.2 Å². The molecule has 0 radical (unpaired) electrons. The van der Waals surface area contributed by atoms with Crippen molar-refractivity contribution in [1.29, 1.82) is 0 Å². The molecule has 2 aromatic rings. The van der Waals surface area contributed by atoms with Crippen molar-refractivity contribution in [2.75, 3.05) is 6.54 Å². The fourth-order valence-corrected chi connectivity index (χ4v) is 3.03. The van der Waals surface area contributed by atoms with Gasteiger partial charge in [0.1, 0.15) is 5.76 Å². The summed E-state index contributed by atoms with van der Waals surface area (Å²) in [6.07, 6.45) is 2.91. The summed E-state index contributed by atoms with van der Waals surface area (Å²) in [6.45, 7) is 7.40. The number of rotatable bonds is 5. The first-order chi connectivity index (χ1) is 8.24. The van der Waals surface area contributed by atoms with Gasteiger partial charge in [-0.05, 0) is 49.9 Å². The van der Waals surface area contributed by atoms with Crippen molar-refractivity contribution in [2.45, 2.75) is 33.2 Å². The third-order valence-electron chi connectivity index (χ3n) is 2.97. The molecule has 0 aliphatic carbocycles. The summed E-state index contributed by atoms with van der Waals surface area (Å²) < 4.78 is 5.43. The monoisotopic (exact) mass is 249 g/mol. The average molecular weight is 249 g/mol. The lowest BCUT2D eigenvalue weighted by Crippen LogP contribution is -2.23. The van der Waals surface area contributed by atoms with Crippen LogP contribution in [-0.4, -0.2) is 6.54 Å². The molecule has 0 aliphatic heterocycles. The molecule has 0 aliphatic rings. The van der Waals surface area contributed by atoms with Gasteiger partial charge in [0.25, 0.3) is 0 Å². The molecule has 17 heavy (non-hydrogen) atoms. The van der Waals surface area contributed by atoms with Crippen LogP contribution < -0.4 is 5.32 Å². The Balaban J connectivity index is 2.32. The van der Waals surface area contributed by atoms with Gasteiger partial charge in [-0.15, -0.1) is 11.3 Å². The zero-order chi connectivity index (χ0) is 12.3. The molecule has 0 saturated heterocycles. The van der Waals surface area contributed by atoms with Crippen molar-refractivity contribution in [3.8, 4) is 0 Å². The first kappa shape index (κ1) is 12.4. The normalized spacial score (nSPS) is 12.9. The van der Waals surface area contributed by atoms with E-state index < -0.39 is 0 Å². The summed E-state index contributed by atoms with van der Waals surface area (Å²) in [7, 11) is 0. The summed E-state index contributed by atoms with van der Waals surface area (Å²) in [5.41, 5.74) is 2.60. The van der Waals surface area contributed by atoms with Crippen LogP contribution in [-0.2, 0) is 0 Å². The highest BCUT2D eigenvalue weighted by Gasteiger charge is 2.19. The van der Waals surface area contributed by atoms with Gasteiger partial charge in [0.15, 0.2) is 0 Å². The summed E-state index contributed by atoms with van der Waals surface area (Å²) in [5.74, 6) is 1.01. The fourth-order valence-electron chi connectivity index (χ4n) is 2.01. The topological polar surface area (TPSA) is 25.2 Å². The molecule has 92 valence electrons. The van der Waals surface area contributed by atoms with Crippen LogP contribution in [0.3, 0.4) is 0 Å². The van der Waals surface area contributed by atoms with Gasteiger partial charge in [0.05, 0.1) is 12.3 Å². The number of hydrogen-bond acceptors (Lipinski definition) is 3. The second-order valence-corrected chi connectivity index (χ2v) is 5.23. The van der Waals surface area contributed by atoms with Crippen LogP contribution >= 0.6 is 11.3 Å². The van der Waals surface area contributed by atoms with Gasteiger partial charge in [0, 0.05) is 10.4 Å². The smallest absolute Gasteiger partial charge is 0.105 e. The Kier molecular flexibility index (Phi) is 4.02. The van der Waals surface area contributed by atoms with Crippen LogP contribution in [0.1, 0.15) is 41.2 Å². The second kappa shape index (κ2) is 5.52. The average Bonchev–Trinajstić information content (AvgIpc) is 2.90. The van der Waals surface area contributed by atoms with Gasteiger partial charge >= 0.3 is 0 Å². The minimum atomic E-state index is 0.272. The number of thiophene rings is 1. The first-order valence-electron chi connectivity index (χ1n) is 6.05. The van der Waals surface area contributed by atoms with Crippen LogP contribution in [0.25, 0.3) is 0 Å². The van der Waals surface area contributed by atoms with E-state index in [2.05, 4.69) is 36.7 Å². The maximum absolute atomic E-state index is 5.43. The first-order valence-corrected chi connectivity index (χ1v) is 6.93. The van der Waals surface area contributed by atoms with Crippen molar-refractivity contribution in [3.63, 3.8) is 0 Å². The quantitative estimate of drug-likeness (QED) is 0.865. The summed E-state index contributed by atoms with van der Waals surface area (Å²) in [5, 5.41) is 5.76. The molecule has 0 bridgehead atoms. The standard InChI is InChI=1S/C14H19NOS/c1-4-7-15-13(12-5-8-16-11(12)3)14-10(2)6-9-17-14/h5-6,8-9,13,15H,4,7H2,1-3H3. The molecular weight excluding hydrogens is 230 g/mol. The van der Waals surface area contributed by atoms with Crippen molar-refractivity contribution in [1.82, 2.24) is 5.32 Å². The predicted molar refractivity (Wildman–Crippen MR) is 72.6 cm³/mol. The molecule has 0 spiro atoms. The molecule has 2 nitrogen and oxygen atoms in total. The van der Waals surface area contributed by atoms with Crippen LogP contribution in [0.2, 0.25) is 0 Å². The van der Waals surface area contributed by atoms with E-state index in [0.29, 0.717) is 0 Å². The number of hydrogen-bond donors (Lipinski definition) is 1. The van der Waals surface area contributed by atoms with Crippen molar-refractivity contribution in [2.24, 2.45) is 0 Å². The molecule has 0 saturated carbocycles. The van der Waals surface area contributed by atoms with Gasteiger partial charge in [-0.2, -0.15) is 0 Å². The van der Waals surface area contributed by atoms with E-state index in [1.165, 1.54) is 16.0 Å². The molecular formula is C14H19NOS. The van der Waals surface area contributed by atoms with Gasteiger partial charge in [-0.1, -0.05) is 6.92 Å². The maximum atomic E-state index is 5.43. The highest BCUT2D eigenvalue weighted by atomic mass is 32.1. The Morgan fingerprint density at radius 3 is 2.71 bits per heavy atom. The molecule has 0 aromatic carbocycles. The molecule has 2 aromatic heterocycles. The third kappa shape index (κ3) is 2.61. The van der Waals surface area contributed by atoms with Gasteiger partial charge < -0.3 is 9.73 Å². The van der Waals surface area contributed by atoms with E-state index in [1.807, 2.05) is 18.3 Å². The van der Waals surface area contributed by atoms with Gasteiger partial charge in [-0.25, -0.2) is 0 Å². The molecule has 0 amide bonds. The molecule has 1 N–H and O–H groups in total. The number of nitrogens with one attached hydrogen (secondary N) is 1. The Hall–Kier alpha value is -1.06. The Bertz CT molecular complexity index is 432. The van der Waals surface area contributed by atoms with Crippen LogP contribution in [0.4, 0.5) is 0 Å². The highest BCUT2D eigenvalue weighted by molar-refractivity contribution is 7.10. The van der Waals surface area contributed by atoms with E-state index >= 15 is 0 Å². The van der Waals surface area contributed by atoms with Crippen molar-refractivity contribution >= 4 is 11.3 Å². The lowest BCUT2D eigenvalue weighted by molar-refractivity contribution is 0.518. The minimum absolute atomic E-state index is 0.272. The second-order valence-electron chi connectivity index (χ2n) is 4.29. The number of aryl methyl sites for hydroxylation is 2. The van der Waals surface area contributed by atoms with E-state index in [9.17, 15) is 0 Å². The lowest BCUT2D eigenvalue weighted by atomic mass is 10.0. The largest absolute Gasteiger partial charge is 0.469 e. The Morgan fingerprint density at radius 2 is 2.18 bits per heavy atom. The zero-order valence-electron chi connectivity index (χ0n) is 10.6. The van der Waals surface area contributed by atoms with Gasteiger partial charge in [-0.3, -0.25) is 0 Å². The Morgan fingerprint density at radius 1 is 1.35 bits per heavy atom.